The van der Waals surface area contributed by atoms with Gasteiger partial charge in [-0.2, -0.15) is 0 Å². The number of amides is 1. The molecule has 1 aromatic carbocycles. The second kappa shape index (κ2) is 5.57. The van der Waals surface area contributed by atoms with E-state index in [2.05, 4.69) is 5.32 Å². The molecule has 1 amide bonds. The summed E-state index contributed by atoms with van der Waals surface area (Å²) in [5.41, 5.74) is 0.159. The molecule has 0 radical (unpaired) electrons. The van der Waals surface area contributed by atoms with Crippen LogP contribution in [0, 0.1) is 16.0 Å². The van der Waals surface area contributed by atoms with Gasteiger partial charge in [0.25, 0.3) is 11.6 Å². The van der Waals surface area contributed by atoms with Crippen molar-refractivity contribution in [3.63, 3.8) is 0 Å². The molecule has 1 aliphatic rings. The van der Waals surface area contributed by atoms with Crippen LogP contribution in [0.1, 0.15) is 36.5 Å². The van der Waals surface area contributed by atoms with Gasteiger partial charge in [0.05, 0.1) is 15.5 Å². The van der Waals surface area contributed by atoms with Gasteiger partial charge >= 0.3 is 0 Å². The lowest BCUT2D eigenvalue weighted by Crippen LogP contribution is -2.40. The second-order valence-corrected chi connectivity index (χ2v) is 5.28. The van der Waals surface area contributed by atoms with Crippen LogP contribution in [0.3, 0.4) is 0 Å². The molecule has 0 spiro atoms. The van der Waals surface area contributed by atoms with E-state index in [4.69, 9.17) is 11.6 Å². The lowest BCUT2D eigenvalue weighted by molar-refractivity contribution is -0.384. The Balaban J connectivity index is 2.08. The van der Waals surface area contributed by atoms with E-state index in [1.54, 1.807) is 0 Å². The number of nitro benzene ring substituents is 1. The Kier molecular flexibility index (Phi) is 4.04. The zero-order chi connectivity index (χ0) is 14.0. The molecule has 1 saturated carbocycles. The highest BCUT2D eigenvalue weighted by Gasteiger charge is 2.26. The highest BCUT2D eigenvalue weighted by Crippen LogP contribution is 2.30. The number of rotatable bonds is 4. The van der Waals surface area contributed by atoms with Crippen LogP contribution in [0.5, 0.6) is 0 Å². The van der Waals surface area contributed by atoms with E-state index < -0.39 is 4.92 Å². The number of carbonyl (C=O) groups is 1. The van der Waals surface area contributed by atoms with Crippen molar-refractivity contribution in [2.75, 3.05) is 0 Å². The van der Waals surface area contributed by atoms with Gasteiger partial charge < -0.3 is 5.32 Å². The minimum absolute atomic E-state index is 0.104. The fourth-order valence-electron chi connectivity index (χ4n) is 2.14. The third-order valence-electron chi connectivity index (χ3n) is 3.62. The summed E-state index contributed by atoms with van der Waals surface area (Å²) in [6, 6.07) is 3.98. The molecule has 6 heteroatoms. The summed E-state index contributed by atoms with van der Waals surface area (Å²) in [4.78, 5) is 22.1. The van der Waals surface area contributed by atoms with Gasteiger partial charge in [-0.15, -0.1) is 0 Å². The molecule has 2 rings (SSSR count). The Morgan fingerprint density at radius 1 is 1.53 bits per heavy atom. The standard InChI is InChI=1S/C13H15ClN2O3/c1-8(9-3-2-4-9)15-13(17)11-6-5-10(16(18)19)7-12(11)14/h5-9H,2-4H2,1H3,(H,15,17). The average molecular weight is 283 g/mol. The van der Waals surface area contributed by atoms with Crippen molar-refractivity contribution in [1.29, 1.82) is 0 Å². The molecule has 0 saturated heterocycles. The van der Waals surface area contributed by atoms with Crippen molar-refractivity contribution in [1.82, 2.24) is 5.32 Å². The lowest BCUT2D eigenvalue weighted by Gasteiger charge is -2.31. The van der Waals surface area contributed by atoms with Gasteiger partial charge in [-0.05, 0) is 31.7 Å². The van der Waals surface area contributed by atoms with E-state index in [1.165, 1.54) is 24.6 Å². The Morgan fingerprint density at radius 3 is 2.68 bits per heavy atom. The number of carbonyl (C=O) groups excluding carboxylic acids is 1. The molecule has 102 valence electrons. The van der Waals surface area contributed by atoms with Crippen LogP contribution in [-0.2, 0) is 0 Å². The highest BCUT2D eigenvalue weighted by atomic mass is 35.5. The summed E-state index contributed by atoms with van der Waals surface area (Å²) in [5, 5.41) is 13.6. The van der Waals surface area contributed by atoms with Crippen LogP contribution in [0.15, 0.2) is 18.2 Å². The lowest BCUT2D eigenvalue weighted by atomic mass is 9.80. The second-order valence-electron chi connectivity index (χ2n) is 4.87. The Labute approximate surface area is 116 Å². The van der Waals surface area contributed by atoms with Gasteiger partial charge in [0.2, 0.25) is 0 Å². The highest BCUT2D eigenvalue weighted by molar-refractivity contribution is 6.34. The van der Waals surface area contributed by atoms with Gasteiger partial charge in [0.1, 0.15) is 0 Å². The van der Waals surface area contributed by atoms with Crippen LogP contribution in [0.2, 0.25) is 5.02 Å². The summed E-state index contributed by atoms with van der Waals surface area (Å²) >= 11 is 5.91. The molecular formula is C13H15ClN2O3. The molecule has 1 aromatic rings. The predicted octanol–water partition coefficient (Wildman–Crippen LogP) is 3.17. The number of nitrogens with zero attached hydrogens (tertiary/aromatic N) is 1. The minimum Gasteiger partial charge on any atom is -0.349 e. The van der Waals surface area contributed by atoms with Gasteiger partial charge in [0, 0.05) is 18.2 Å². The number of nitro groups is 1. The molecule has 1 fully saturated rings. The van der Waals surface area contributed by atoms with E-state index in [0.717, 1.165) is 12.8 Å². The number of hydrogen-bond donors (Lipinski definition) is 1. The SMILES string of the molecule is CC(NC(=O)c1ccc([N+](=O)[O-])cc1Cl)C1CCC1. The average Bonchev–Trinajstić information content (AvgIpc) is 2.25. The van der Waals surface area contributed by atoms with E-state index >= 15 is 0 Å². The maximum Gasteiger partial charge on any atom is 0.270 e. The first kappa shape index (κ1) is 13.8. The third kappa shape index (κ3) is 3.04. The molecule has 0 bridgehead atoms. The van der Waals surface area contributed by atoms with Crippen molar-refractivity contribution < 1.29 is 9.72 Å². The number of non-ortho nitro benzene ring substituents is 1. The third-order valence-corrected chi connectivity index (χ3v) is 3.94. The number of nitrogens with one attached hydrogen (secondary N) is 1. The summed E-state index contributed by atoms with van der Waals surface area (Å²) < 4.78 is 0. The van der Waals surface area contributed by atoms with Crippen LogP contribution in [0.4, 0.5) is 5.69 Å². The van der Waals surface area contributed by atoms with Crippen molar-refractivity contribution in [3.05, 3.63) is 38.9 Å². The largest absolute Gasteiger partial charge is 0.349 e. The normalized spacial score (nSPS) is 16.5. The van der Waals surface area contributed by atoms with Gasteiger partial charge in [-0.25, -0.2) is 0 Å². The Morgan fingerprint density at radius 2 is 2.21 bits per heavy atom. The van der Waals surface area contributed by atoms with Crippen LogP contribution in [0.25, 0.3) is 0 Å². The van der Waals surface area contributed by atoms with Gasteiger partial charge in [-0.3, -0.25) is 14.9 Å². The maximum absolute atomic E-state index is 12.0. The van der Waals surface area contributed by atoms with Crippen LogP contribution in [-0.4, -0.2) is 16.9 Å². The van der Waals surface area contributed by atoms with E-state index in [-0.39, 0.29) is 28.2 Å². The van der Waals surface area contributed by atoms with Crippen molar-refractivity contribution in [3.8, 4) is 0 Å². The minimum atomic E-state index is -0.537. The van der Waals surface area contributed by atoms with Crippen LogP contribution >= 0.6 is 11.6 Å². The Hall–Kier alpha value is -1.62. The van der Waals surface area contributed by atoms with E-state index in [9.17, 15) is 14.9 Å². The summed E-state index contributed by atoms with van der Waals surface area (Å²) in [6.45, 7) is 1.97. The fourth-order valence-corrected chi connectivity index (χ4v) is 2.40. The summed E-state index contributed by atoms with van der Waals surface area (Å²) in [7, 11) is 0. The van der Waals surface area contributed by atoms with Gasteiger partial charge in [0.15, 0.2) is 0 Å². The molecule has 5 nitrogen and oxygen atoms in total. The smallest absolute Gasteiger partial charge is 0.270 e. The summed E-state index contributed by atoms with van der Waals surface area (Å²) in [5.74, 6) is 0.250. The number of benzene rings is 1. The fraction of sp³-hybridized carbons (Fsp3) is 0.462. The molecule has 1 unspecified atom stereocenters. The Bertz CT molecular complexity index is 515. The molecule has 19 heavy (non-hydrogen) atoms. The number of hydrogen-bond acceptors (Lipinski definition) is 3. The van der Waals surface area contributed by atoms with Gasteiger partial charge in [-0.1, -0.05) is 18.0 Å². The van der Waals surface area contributed by atoms with Crippen LogP contribution < -0.4 is 5.32 Å². The number of halogens is 1. The molecule has 1 atom stereocenters. The topological polar surface area (TPSA) is 72.2 Å². The van der Waals surface area contributed by atoms with Crippen molar-refractivity contribution >= 4 is 23.2 Å². The van der Waals surface area contributed by atoms with E-state index in [0.29, 0.717) is 5.92 Å². The zero-order valence-corrected chi connectivity index (χ0v) is 11.3. The zero-order valence-electron chi connectivity index (χ0n) is 10.6. The molecule has 0 heterocycles. The molecule has 1 aliphatic carbocycles. The van der Waals surface area contributed by atoms with Crippen molar-refractivity contribution in [2.24, 2.45) is 5.92 Å². The van der Waals surface area contributed by atoms with E-state index in [1.807, 2.05) is 6.92 Å². The first-order chi connectivity index (χ1) is 8.99. The quantitative estimate of drug-likeness (QED) is 0.681. The maximum atomic E-state index is 12.0. The molecule has 0 aromatic heterocycles. The first-order valence-corrected chi connectivity index (χ1v) is 6.61. The summed E-state index contributed by atoms with van der Waals surface area (Å²) in [6.07, 6.45) is 3.48. The molecular weight excluding hydrogens is 268 g/mol. The molecule has 1 N–H and O–H groups in total. The van der Waals surface area contributed by atoms with Crippen molar-refractivity contribution in [2.45, 2.75) is 32.2 Å². The predicted molar refractivity (Wildman–Crippen MR) is 72.4 cm³/mol. The first-order valence-electron chi connectivity index (χ1n) is 6.24. The monoisotopic (exact) mass is 282 g/mol. The molecule has 0 aliphatic heterocycles.